The third-order valence-electron chi connectivity index (χ3n) is 3.30. The maximum atomic E-state index is 9.77. The maximum absolute atomic E-state index is 9.77. The van der Waals surface area contributed by atoms with Gasteiger partial charge in [0.15, 0.2) is 0 Å². The van der Waals surface area contributed by atoms with Crippen LogP contribution in [0.3, 0.4) is 0 Å². The van der Waals surface area contributed by atoms with E-state index in [9.17, 15) is 5.11 Å². The summed E-state index contributed by atoms with van der Waals surface area (Å²) in [4.78, 5) is 0. The second kappa shape index (κ2) is 4.14. The SMILES string of the molecule is CCc1ccc([C@H]2CCC[C@H]2O)cc1. The lowest BCUT2D eigenvalue weighted by Gasteiger charge is -2.14. The van der Waals surface area contributed by atoms with E-state index in [0.29, 0.717) is 5.92 Å². The van der Waals surface area contributed by atoms with Crippen molar-refractivity contribution in [1.29, 1.82) is 0 Å². The summed E-state index contributed by atoms with van der Waals surface area (Å²) in [6, 6.07) is 8.72. The molecule has 1 nitrogen and oxygen atoms in total. The number of rotatable bonds is 2. The van der Waals surface area contributed by atoms with Crippen LogP contribution in [0.4, 0.5) is 0 Å². The Hall–Kier alpha value is -0.820. The van der Waals surface area contributed by atoms with Gasteiger partial charge in [-0.3, -0.25) is 0 Å². The first-order valence-electron chi connectivity index (χ1n) is 5.58. The molecular formula is C13H18O. The summed E-state index contributed by atoms with van der Waals surface area (Å²) in [6.45, 7) is 2.17. The Labute approximate surface area is 85.8 Å². The van der Waals surface area contributed by atoms with Crippen LogP contribution in [0.15, 0.2) is 24.3 Å². The fourth-order valence-electron chi connectivity index (χ4n) is 2.33. The Balaban J connectivity index is 2.16. The van der Waals surface area contributed by atoms with Gasteiger partial charge in [-0.15, -0.1) is 0 Å². The maximum Gasteiger partial charge on any atom is 0.0608 e. The predicted molar refractivity (Wildman–Crippen MR) is 58.4 cm³/mol. The minimum absolute atomic E-state index is 0.109. The number of aliphatic hydroxyl groups is 1. The molecule has 14 heavy (non-hydrogen) atoms. The molecule has 76 valence electrons. The Bertz CT molecular complexity index is 289. The molecule has 1 saturated carbocycles. The molecule has 0 aromatic heterocycles. The quantitative estimate of drug-likeness (QED) is 0.760. The zero-order valence-electron chi connectivity index (χ0n) is 8.74. The molecule has 1 heteroatoms. The van der Waals surface area contributed by atoms with Gasteiger partial charge in [-0.05, 0) is 30.4 Å². The zero-order valence-corrected chi connectivity index (χ0v) is 8.74. The van der Waals surface area contributed by atoms with E-state index in [1.54, 1.807) is 0 Å². The molecule has 1 fully saturated rings. The number of benzene rings is 1. The second-order valence-electron chi connectivity index (χ2n) is 4.20. The summed E-state index contributed by atoms with van der Waals surface area (Å²) in [5, 5.41) is 9.77. The van der Waals surface area contributed by atoms with Gasteiger partial charge >= 0.3 is 0 Å². The summed E-state index contributed by atoms with van der Waals surface area (Å²) in [6.07, 6.45) is 4.27. The van der Waals surface area contributed by atoms with E-state index < -0.39 is 0 Å². The van der Waals surface area contributed by atoms with Crippen molar-refractivity contribution in [2.45, 2.75) is 44.6 Å². The highest BCUT2D eigenvalue weighted by Gasteiger charge is 2.26. The monoisotopic (exact) mass is 190 g/mol. The van der Waals surface area contributed by atoms with Gasteiger partial charge in [-0.25, -0.2) is 0 Å². The van der Waals surface area contributed by atoms with Gasteiger partial charge in [-0.2, -0.15) is 0 Å². The van der Waals surface area contributed by atoms with Crippen LogP contribution < -0.4 is 0 Å². The third kappa shape index (κ3) is 1.83. The van der Waals surface area contributed by atoms with E-state index in [2.05, 4.69) is 31.2 Å². The van der Waals surface area contributed by atoms with E-state index in [0.717, 1.165) is 19.3 Å². The highest BCUT2D eigenvalue weighted by molar-refractivity contribution is 5.26. The van der Waals surface area contributed by atoms with Gasteiger partial charge < -0.3 is 5.11 Å². The summed E-state index contributed by atoms with van der Waals surface area (Å²) < 4.78 is 0. The van der Waals surface area contributed by atoms with Crippen LogP contribution >= 0.6 is 0 Å². The summed E-state index contributed by atoms with van der Waals surface area (Å²) in [5.74, 6) is 0.390. The zero-order chi connectivity index (χ0) is 9.97. The van der Waals surface area contributed by atoms with Crippen molar-refractivity contribution in [3.05, 3.63) is 35.4 Å². The van der Waals surface area contributed by atoms with Crippen molar-refractivity contribution in [1.82, 2.24) is 0 Å². The van der Waals surface area contributed by atoms with Crippen LogP contribution in [0.25, 0.3) is 0 Å². The number of aryl methyl sites for hydroxylation is 1. The minimum atomic E-state index is -0.109. The van der Waals surface area contributed by atoms with Gasteiger partial charge in [0.05, 0.1) is 6.10 Å². The predicted octanol–water partition coefficient (Wildman–Crippen LogP) is 2.88. The molecule has 0 heterocycles. The summed E-state index contributed by atoms with van der Waals surface area (Å²) in [7, 11) is 0. The normalized spacial score (nSPS) is 26.7. The molecule has 0 radical (unpaired) electrons. The van der Waals surface area contributed by atoms with E-state index in [1.165, 1.54) is 17.5 Å². The van der Waals surface area contributed by atoms with Crippen molar-refractivity contribution in [2.24, 2.45) is 0 Å². The van der Waals surface area contributed by atoms with Gasteiger partial charge in [0, 0.05) is 5.92 Å². The van der Waals surface area contributed by atoms with Crippen molar-refractivity contribution in [3.8, 4) is 0 Å². The molecule has 1 N–H and O–H groups in total. The van der Waals surface area contributed by atoms with Crippen LogP contribution in [-0.4, -0.2) is 11.2 Å². The topological polar surface area (TPSA) is 20.2 Å². The molecule has 1 aliphatic rings. The van der Waals surface area contributed by atoms with Crippen LogP contribution in [0.2, 0.25) is 0 Å². The minimum Gasteiger partial charge on any atom is -0.392 e. The standard InChI is InChI=1S/C13H18O/c1-2-10-6-8-11(9-7-10)12-4-3-5-13(12)14/h6-9,12-14H,2-5H2,1H3/t12-,13-/m1/s1. The Morgan fingerprint density at radius 2 is 1.93 bits per heavy atom. The van der Waals surface area contributed by atoms with Crippen molar-refractivity contribution >= 4 is 0 Å². The van der Waals surface area contributed by atoms with Gasteiger partial charge in [-0.1, -0.05) is 37.6 Å². The Kier molecular flexibility index (Phi) is 2.87. The second-order valence-corrected chi connectivity index (χ2v) is 4.20. The molecule has 1 aliphatic carbocycles. The average Bonchev–Trinajstić information content (AvgIpc) is 2.65. The van der Waals surface area contributed by atoms with E-state index in [4.69, 9.17) is 0 Å². The van der Waals surface area contributed by atoms with E-state index >= 15 is 0 Å². The molecule has 0 bridgehead atoms. The molecule has 2 atom stereocenters. The lowest BCUT2D eigenvalue weighted by atomic mass is 9.95. The van der Waals surface area contributed by atoms with Crippen LogP contribution in [0.5, 0.6) is 0 Å². The molecule has 0 spiro atoms. The Morgan fingerprint density at radius 1 is 1.21 bits per heavy atom. The summed E-state index contributed by atoms with van der Waals surface area (Å²) in [5.41, 5.74) is 2.69. The Morgan fingerprint density at radius 3 is 2.43 bits per heavy atom. The van der Waals surface area contributed by atoms with E-state index in [1.807, 2.05) is 0 Å². The molecule has 2 rings (SSSR count). The molecule has 0 saturated heterocycles. The largest absolute Gasteiger partial charge is 0.392 e. The lowest BCUT2D eigenvalue weighted by molar-refractivity contribution is 0.164. The first-order valence-corrected chi connectivity index (χ1v) is 5.58. The fourth-order valence-corrected chi connectivity index (χ4v) is 2.33. The van der Waals surface area contributed by atoms with Crippen LogP contribution in [0.1, 0.15) is 43.2 Å². The molecule has 1 aromatic rings. The van der Waals surface area contributed by atoms with Crippen LogP contribution in [-0.2, 0) is 6.42 Å². The van der Waals surface area contributed by atoms with Gasteiger partial charge in [0.25, 0.3) is 0 Å². The van der Waals surface area contributed by atoms with Gasteiger partial charge in [0.1, 0.15) is 0 Å². The van der Waals surface area contributed by atoms with Crippen molar-refractivity contribution < 1.29 is 5.11 Å². The van der Waals surface area contributed by atoms with E-state index in [-0.39, 0.29) is 6.10 Å². The highest BCUT2D eigenvalue weighted by atomic mass is 16.3. The molecular weight excluding hydrogens is 172 g/mol. The first kappa shape index (κ1) is 9.72. The number of hydrogen-bond donors (Lipinski definition) is 1. The molecule has 1 aromatic carbocycles. The number of aliphatic hydroxyl groups excluding tert-OH is 1. The van der Waals surface area contributed by atoms with Gasteiger partial charge in [0.2, 0.25) is 0 Å². The van der Waals surface area contributed by atoms with Crippen molar-refractivity contribution in [3.63, 3.8) is 0 Å². The molecule has 0 unspecified atom stereocenters. The smallest absolute Gasteiger partial charge is 0.0608 e. The molecule has 0 amide bonds. The van der Waals surface area contributed by atoms with Crippen molar-refractivity contribution in [2.75, 3.05) is 0 Å². The van der Waals surface area contributed by atoms with Crippen LogP contribution in [0, 0.1) is 0 Å². The fraction of sp³-hybridized carbons (Fsp3) is 0.538. The molecule has 0 aliphatic heterocycles. The first-order chi connectivity index (χ1) is 6.81. The highest BCUT2D eigenvalue weighted by Crippen LogP contribution is 2.34. The average molecular weight is 190 g/mol. The lowest BCUT2D eigenvalue weighted by Crippen LogP contribution is -2.10. The number of hydrogen-bond acceptors (Lipinski definition) is 1. The third-order valence-corrected chi connectivity index (χ3v) is 3.30. The summed E-state index contributed by atoms with van der Waals surface area (Å²) >= 11 is 0.